The van der Waals surface area contributed by atoms with E-state index in [0.29, 0.717) is 5.56 Å². The summed E-state index contributed by atoms with van der Waals surface area (Å²) < 4.78 is 26.6. The molecule has 9 heteroatoms. The number of aliphatic carboxylic acids is 1. The van der Waals surface area contributed by atoms with Crippen LogP contribution in [0.15, 0.2) is 47.4 Å². The molecule has 0 aliphatic carbocycles. The van der Waals surface area contributed by atoms with Crippen molar-refractivity contribution in [2.75, 3.05) is 10.8 Å². The molecule has 0 radical (unpaired) electrons. The number of sulfonamides is 1. The molecule has 1 N–H and O–H groups in total. The van der Waals surface area contributed by atoms with Gasteiger partial charge in [0, 0.05) is 12.1 Å². The van der Waals surface area contributed by atoms with Gasteiger partial charge in [0.2, 0.25) is 0 Å². The summed E-state index contributed by atoms with van der Waals surface area (Å²) >= 11 is 0. The molecule has 0 spiro atoms. The van der Waals surface area contributed by atoms with Crippen LogP contribution in [0.1, 0.15) is 11.1 Å². The van der Waals surface area contributed by atoms with E-state index in [1.807, 2.05) is 0 Å². The number of rotatable bonds is 6. The molecule has 0 amide bonds. The number of benzene rings is 2. The maximum absolute atomic E-state index is 12.9. The minimum Gasteiger partial charge on any atom is -0.480 e. The molecule has 0 aromatic heterocycles. The van der Waals surface area contributed by atoms with Crippen LogP contribution in [0.2, 0.25) is 0 Å². The lowest BCUT2D eigenvalue weighted by Gasteiger charge is -2.24. The summed E-state index contributed by atoms with van der Waals surface area (Å²) in [6, 6.07) is 9.54. The van der Waals surface area contributed by atoms with Crippen LogP contribution < -0.4 is 4.31 Å². The fourth-order valence-electron chi connectivity index (χ4n) is 2.30. The zero-order chi connectivity index (χ0) is 18.8. The van der Waals surface area contributed by atoms with Crippen LogP contribution in [0.3, 0.4) is 0 Å². The van der Waals surface area contributed by atoms with Crippen molar-refractivity contribution in [2.24, 2.45) is 0 Å². The van der Waals surface area contributed by atoms with Gasteiger partial charge in [-0.15, -0.1) is 0 Å². The molecule has 0 saturated carbocycles. The number of hydrogen-bond donors (Lipinski definition) is 1. The van der Waals surface area contributed by atoms with E-state index < -0.39 is 33.1 Å². The van der Waals surface area contributed by atoms with Gasteiger partial charge in [0.05, 0.1) is 15.5 Å². The monoisotopic (exact) mass is 364 g/mol. The lowest BCUT2D eigenvalue weighted by atomic mass is 10.1. The van der Waals surface area contributed by atoms with Crippen molar-refractivity contribution in [1.82, 2.24) is 0 Å². The molecular weight excluding hydrogens is 348 g/mol. The summed E-state index contributed by atoms with van der Waals surface area (Å²) in [7, 11) is -4.30. The Morgan fingerprint density at radius 1 is 1.20 bits per heavy atom. The highest BCUT2D eigenvalue weighted by atomic mass is 32.2. The molecule has 0 aliphatic heterocycles. The highest BCUT2D eigenvalue weighted by Crippen LogP contribution is 2.29. The first-order chi connectivity index (χ1) is 11.6. The summed E-state index contributed by atoms with van der Waals surface area (Å²) in [5.41, 5.74) is 1.15. The number of non-ortho nitro benzene ring substituents is 1. The molecule has 2 rings (SSSR count). The van der Waals surface area contributed by atoms with Crippen molar-refractivity contribution in [2.45, 2.75) is 18.7 Å². The fraction of sp³-hybridized carbons (Fsp3) is 0.188. The molecule has 0 aliphatic rings. The third-order valence-electron chi connectivity index (χ3n) is 3.53. The van der Waals surface area contributed by atoms with Gasteiger partial charge in [-0.25, -0.2) is 8.42 Å². The molecule has 2 aromatic rings. The number of carboxylic acids is 1. The first-order valence-corrected chi connectivity index (χ1v) is 8.63. The first-order valence-electron chi connectivity index (χ1n) is 7.19. The molecule has 0 fully saturated rings. The van der Waals surface area contributed by atoms with Gasteiger partial charge in [-0.05, 0) is 37.1 Å². The second-order valence-corrected chi connectivity index (χ2v) is 7.31. The maximum Gasteiger partial charge on any atom is 0.324 e. The number of nitro groups is 1. The standard InChI is InChI=1S/C16H16N2O6S/c1-11-6-7-12(2)15(8-11)17(10-16(19)20)25(23,24)14-5-3-4-13(9-14)18(21)22/h3-9H,10H2,1-2H3,(H,19,20). The Bertz CT molecular complexity index is 939. The van der Waals surface area contributed by atoms with Crippen molar-refractivity contribution >= 4 is 27.4 Å². The van der Waals surface area contributed by atoms with E-state index in [0.717, 1.165) is 15.9 Å². The normalized spacial score (nSPS) is 11.1. The number of aryl methyl sites for hydroxylation is 2. The van der Waals surface area contributed by atoms with Crippen LogP contribution in [0.25, 0.3) is 0 Å². The van der Waals surface area contributed by atoms with Gasteiger partial charge < -0.3 is 5.11 Å². The van der Waals surface area contributed by atoms with Crippen LogP contribution in [0.4, 0.5) is 11.4 Å². The van der Waals surface area contributed by atoms with Gasteiger partial charge in [-0.1, -0.05) is 18.2 Å². The molecular formula is C16H16N2O6S. The molecule has 0 bridgehead atoms. The quantitative estimate of drug-likeness (QED) is 0.621. The van der Waals surface area contributed by atoms with Gasteiger partial charge in [0.15, 0.2) is 0 Å². The Balaban J connectivity index is 2.64. The predicted molar refractivity (Wildman–Crippen MR) is 91.2 cm³/mol. The number of nitro benzene ring substituents is 1. The Morgan fingerprint density at radius 2 is 1.88 bits per heavy atom. The summed E-state index contributed by atoms with van der Waals surface area (Å²) in [5, 5.41) is 20.0. The fourth-order valence-corrected chi connectivity index (χ4v) is 3.81. The van der Waals surface area contributed by atoms with Crippen molar-refractivity contribution in [3.63, 3.8) is 0 Å². The average Bonchev–Trinajstić information content (AvgIpc) is 2.55. The van der Waals surface area contributed by atoms with E-state index in [1.165, 1.54) is 18.2 Å². The van der Waals surface area contributed by atoms with Gasteiger partial charge >= 0.3 is 5.97 Å². The van der Waals surface area contributed by atoms with Crippen LogP contribution in [-0.4, -0.2) is 31.0 Å². The Kier molecular flexibility index (Phi) is 5.07. The zero-order valence-electron chi connectivity index (χ0n) is 13.5. The number of carboxylic acid groups (broad SMARTS) is 1. The molecule has 0 atom stereocenters. The van der Waals surface area contributed by atoms with Crippen LogP contribution in [0.5, 0.6) is 0 Å². The van der Waals surface area contributed by atoms with E-state index in [2.05, 4.69) is 0 Å². The van der Waals surface area contributed by atoms with E-state index in [-0.39, 0.29) is 10.6 Å². The minimum absolute atomic E-state index is 0.217. The number of hydrogen-bond acceptors (Lipinski definition) is 5. The van der Waals surface area contributed by atoms with Gasteiger partial charge in [-0.2, -0.15) is 0 Å². The van der Waals surface area contributed by atoms with E-state index >= 15 is 0 Å². The van der Waals surface area contributed by atoms with Crippen LogP contribution in [-0.2, 0) is 14.8 Å². The first kappa shape index (κ1) is 18.4. The number of nitrogens with zero attached hydrogens (tertiary/aromatic N) is 2. The number of carbonyl (C=O) groups is 1. The van der Waals surface area contributed by atoms with Crippen molar-refractivity contribution in [3.05, 3.63) is 63.7 Å². The molecule has 2 aromatic carbocycles. The summed E-state index contributed by atoms with van der Waals surface area (Å²) in [6.45, 7) is 2.61. The highest BCUT2D eigenvalue weighted by Gasteiger charge is 2.29. The smallest absolute Gasteiger partial charge is 0.324 e. The molecule has 8 nitrogen and oxygen atoms in total. The summed E-state index contributed by atoms with van der Waals surface area (Å²) in [5.74, 6) is -1.34. The van der Waals surface area contributed by atoms with Crippen molar-refractivity contribution in [1.29, 1.82) is 0 Å². The molecule has 132 valence electrons. The second kappa shape index (κ2) is 6.89. The second-order valence-electron chi connectivity index (χ2n) is 5.45. The predicted octanol–water partition coefficient (Wildman–Crippen LogP) is 2.49. The lowest BCUT2D eigenvalue weighted by Crippen LogP contribution is -2.36. The van der Waals surface area contributed by atoms with E-state index in [9.17, 15) is 23.3 Å². The third-order valence-corrected chi connectivity index (χ3v) is 5.28. The molecule has 0 heterocycles. The molecule has 25 heavy (non-hydrogen) atoms. The number of anilines is 1. The Hall–Kier alpha value is -2.94. The largest absolute Gasteiger partial charge is 0.480 e. The van der Waals surface area contributed by atoms with E-state index in [1.54, 1.807) is 32.0 Å². The maximum atomic E-state index is 12.9. The summed E-state index contributed by atoms with van der Waals surface area (Å²) in [6.07, 6.45) is 0. The Labute approximate surface area is 144 Å². The minimum atomic E-state index is -4.30. The topological polar surface area (TPSA) is 118 Å². The van der Waals surface area contributed by atoms with Crippen molar-refractivity contribution < 1.29 is 23.2 Å². The Morgan fingerprint density at radius 3 is 2.48 bits per heavy atom. The summed E-state index contributed by atoms with van der Waals surface area (Å²) in [4.78, 5) is 21.1. The average molecular weight is 364 g/mol. The van der Waals surface area contributed by atoms with Crippen LogP contribution in [0, 0.1) is 24.0 Å². The molecule has 0 saturated heterocycles. The lowest BCUT2D eigenvalue weighted by molar-refractivity contribution is -0.385. The van der Waals surface area contributed by atoms with Gasteiger partial charge in [-0.3, -0.25) is 19.2 Å². The van der Waals surface area contributed by atoms with E-state index in [4.69, 9.17) is 5.11 Å². The zero-order valence-corrected chi connectivity index (χ0v) is 14.4. The van der Waals surface area contributed by atoms with Crippen molar-refractivity contribution in [3.8, 4) is 0 Å². The highest BCUT2D eigenvalue weighted by molar-refractivity contribution is 7.92. The third kappa shape index (κ3) is 3.94. The van der Waals surface area contributed by atoms with Gasteiger partial charge in [0.25, 0.3) is 15.7 Å². The SMILES string of the molecule is Cc1ccc(C)c(N(CC(=O)O)S(=O)(=O)c2cccc([N+](=O)[O-])c2)c1. The molecule has 0 unspecified atom stereocenters. The van der Waals surface area contributed by atoms with Gasteiger partial charge in [0.1, 0.15) is 6.54 Å². The van der Waals surface area contributed by atoms with Crippen LogP contribution >= 0.6 is 0 Å².